The van der Waals surface area contributed by atoms with Gasteiger partial charge in [-0.05, 0) is 19.4 Å². The predicted molar refractivity (Wildman–Crippen MR) is 113 cm³/mol. The van der Waals surface area contributed by atoms with E-state index in [4.69, 9.17) is 0 Å². The lowest BCUT2D eigenvalue weighted by Crippen LogP contribution is -2.74. The van der Waals surface area contributed by atoms with E-state index in [0.717, 1.165) is 9.91 Å². The zero-order chi connectivity index (χ0) is 23.2. The number of carbonyl (C=O) groups excluding carboxylic acids is 4. The molecule has 170 valence electrons. The van der Waals surface area contributed by atoms with E-state index in [1.165, 1.54) is 16.7 Å². The minimum absolute atomic E-state index is 0.0831. The number of nitrogens with one attached hydrogen (secondary N) is 2. The van der Waals surface area contributed by atoms with Crippen molar-refractivity contribution >= 4 is 41.6 Å². The zero-order valence-corrected chi connectivity index (χ0v) is 18.3. The molecular formula is C20H23N5O6S. The highest BCUT2D eigenvalue weighted by Crippen LogP contribution is 2.51. The van der Waals surface area contributed by atoms with Crippen molar-refractivity contribution in [3.63, 3.8) is 0 Å². The largest absolute Gasteiger partial charge is 0.480 e. The molecule has 1 aromatic carbocycles. The fourth-order valence-electron chi connectivity index (χ4n) is 4.20. The number of β-lactam (4-membered cyclic amide) rings is 1. The molecule has 0 unspecified atom stereocenters. The van der Waals surface area contributed by atoms with Crippen LogP contribution in [0.5, 0.6) is 0 Å². The van der Waals surface area contributed by atoms with Gasteiger partial charge >= 0.3 is 18.0 Å². The number of imide groups is 1. The molecule has 3 saturated heterocycles. The van der Waals surface area contributed by atoms with Gasteiger partial charge in [-0.3, -0.25) is 9.59 Å². The molecule has 3 aliphatic rings. The summed E-state index contributed by atoms with van der Waals surface area (Å²) in [5, 5.41) is 12.5. The summed E-state index contributed by atoms with van der Waals surface area (Å²) in [7, 11) is 0. The Balaban J connectivity index is 1.60. The number of urea groups is 2. The molecule has 6 amide bonds. The molecular weight excluding hydrogens is 438 g/mol. The summed E-state index contributed by atoms with van der Waals surface area (Å²) in [5.74, 6) is -2.23. The molecule has 32 heavy (non-hydrogen) atoms. The van der Waals surface area contributed by atoms with Crippen LogP contribution in [0.1, 0.15) is 19.4 Å². The SMILES string of the molecule is CC1(C)S[C@@H]2[C@H](N(NC(=O)N3CCNC3=O)C(=O)Cc3ccccc3)C(=O)N2[C@H]1C(=O)O. The van der Waals surface area contributed by atoms with Gasteiger partial charge in [-0.25, -0.2) is 29.7 Å². The molecule has 3 atom stereocenters. The maximum Gasteiger partial charge on any atom is 0.344 e. The van der Waals surface area contributed by atoms with E-state index in [2.05, 4.69) is 10.7 Å². The van der Waals surface area contributed by atoms with Gasteiger partial charge in [0.2, 0.25) is 5.91 Å². The number of carbonyl (C=O) groups is 5. The molecule has 0 spiro atoms. The van der Waals surface area contributed by atoms with Crippen LogP contribution in [0.25, 0.3) is 0 Å². The number of benzene rings is 1. The number of rotatable bonds is 4. The van der Waals surface area contributed by atoms with Crippen LogP contribution < -0.4 is 10.7 Å². The first kappa shape index (κ1) is 21.9. The second-order valence-electron chi connectivity index (χ2n) is 8.27. The van der Waals surface area contributed by atoms with Crippen molar-refractivity contribution in [2.45, 2.75) is 42.5 Å². The quantitative estimate of drug-likeness (QED) is 0.431. The lowest BCUT2D eigenvalue weighted by atomic mass is 9.95. The van der Waals surface area contributed by atoms with Crippen molar-refractivity contribution in [3.05, 3.63) is 35.9 Å². The molecule has 0 aliphatic carbocycles. The lowest BCUT2D eigenvalue weighted by Gasteiger charge is -2.47. The summed E-state index contributed by atoms with van der Waals surface area (Å²) in [6.45, 7) is 3.86. The number of carboxylic acid groups (broad SMARTS) is 1. The van der Waals surface area contributed by atoms with E-state index in [1.54, 1.807) is 44.2 Å². The fraction of sp³-hybridized carbons (Fsp3) is 0.450. The van der Waals surface area contributed by atoms with Crippen molar-refractivity contribution in [3.8, 4) is 0 Å². The average Bonchev–Trinajstić information content (AvgIpc) is 3.26. The number of carboxylic acids is 1. The van der Waals surface area contributed by atoms with Gasteiger partial charge in [0.1, 0.15) is 11.4 Å². The van der Waals surface area contributed by atoms with Crippen molar-refractivity contribution in [1.29, 1.82) is 0 Å². The minimum atomic E-state index is -1.13. The second kappa shape index (κ2) is 8.01. The van der Waals surface area contributed by atoms with Crippen LogP contribution in [0.15, 0.2) is 30.3 Å². The summed E-state index contributed by atoms with van der Waals surface area (Å²) >= 11 is 1.26. The van der Waals surface area contributed by atoms with E-state index in [9.17, 15) is 29.1 Å². The molecule has 0 aromatic heterocycles. The van der Waals surface area contributed by atoms with Gasteiger partial charge in [-0.15, -0.1) is 11.8 Å². The molecule has 11 nitrogen and oxygen atoms in total. The molecule has 3 N–H and O–H groups in total. The Morgan fingerprint density at radius 1 is 1.25 bits per heavy atom. The molecule has 0 radical (unpaired) electrons. The third-order valence-corrected chi connectivity index (χ3v) is 7.27. The van der Waals surface area contributed by atoms with Crippen LogP contribution in [-0.2, 0) is 20.8 Å². The monoisotopic (exact) mass is 461 g/mol. The highest BCUT2D eigenvalue weighted by atomic mass is 32.2. The number of fused-ring (bicyclic) bond motifs is 1. The normalized spacial score (nSPS) is 25.6. The molecule has 3 heterocycles. The standard InChI is InChI=1S/C20H23N5O6S/c1-20(2)14(17(28)29)24-15(27)13(16(24)32-20)25(12(26)10-11-6-4-3-5-7-11)22-19(31)23-9-8-21-18(23)30/h3-7,13-14,16H,8-10H2,1-2H3,(H,21,30)(H,22,31)(H,28,29)/t13-,14+,16-/m1/s1. The smallest absolute Gasteiger partial charge is 0.344 e. The summed E-state index contributed by atoms with van der Waals surface area (Å²) in [6, 6.07) is 5.28. The second-order valence-corrected chi connectivity index (χ2v) is 10.0. The molecule has 4 rings (SSSR count). The highest BCUT2D eigenvalue weighted by Gasteiger charge is 2.66. The fourth-order valence-corrected chi connectivity index (χ4v) is 5.87. The molecule has 0 saturated carbocycles. The van der Waals surface area contributed by atoms with Crippen molar-refractivity contribution in [1.82, 2.24) is 25.6 Å². The Morgan fingerprint density at radius 2 is 1.94 bits per heavy atom. The van der Waals surface area contributed by atoms with Crippen molar-refractivity contribution in [2.75, 3.05) is 13.1 Å². The summed E-state index contributed by atoms with van der Waals surface area (Å²) < 4.78 is -0.784. The van der Waals surface area contributed by atoms with Gasteiger partial charge in [0.15, 0.2) is 6.04 Å². The number of hydrazine groups is 1. The van der Waals surface area contributed by atoms with Gasteiger partial charge in [-0.2, -0.15) is 0 Å². The van der Waals surface area contributed by atoms with Gasteiger partial charge in [-0.1, -0.05) is 30.3 Å². The number of amides is 6. The van der Waals surface area contributed by atoms with Crippen LogP contribution in [-0.4, -0.2) is 85.1 Å². The van der Waals surface area contributed by atoms with Crippen molar-refractivity contribution < 1.29 is 29.1 Å². The topological polar surface area (TPSA) is 139 Å². The molecule has 12 heteroatoms. The molecule has 1 aromatic rings. The highest BCUT2D eigenvalue weighted by molar-refractivity contribution is 8.01. The van der Waals surface area contributed by atoms with Crippen LogP contribution in [0.3, 0.4) is 0 Å². The minimum Gasteiger partial charge on any atom is -0.480 e. The number of hydrogen-bond donors (Lipinski definition) is 3. The van der Waals surface area contributed by atoms with Crippen LogP contribution in [0.2, 0.25) is 0 Å². The lowest BCUT2D eigenvalue weighted by molar-refractivity contribution is -0.170. The first-order valence-corrected chi connectivity index (χ1v) is 10.9. The average molecular weight is 462 g/mol. The number of nitrogens with zero attached hydrogens (tertiary/aromatic N) is 3. The van der Waals surface area contributed by atoms with E-state index in [1.807, 2.05) is 0 Å². The Bertz CT molecular complexity index is 986. The first-order chi connectivity index (χ1) is 15.1. The Morgan fingerprint density at radius 3 is 2.53 bits per heavy atom. The van der Waals surface area contributed by atoms with E-state index in [-0.39, 0.29) is 19.5 Å². The van der Waals surface area contributed by atoms with E-state index in [0.29, 0.717) is 5.56 Å². The Hall–Kier alpha value is -3.28. The van der Waals surface area contributed by atoms with Crippen LogP contribution >= 0.6 is 11.8 Å². The predicted octanol–water partition coefficient (Wildman–Crippen LogP) is 0.223. The molecule has 0 bridgehead atoms. The van der Waals surface area contributed by atoms with E-state index < -0.39 is 52.1 Å². The third-order valence-electron chi connectivity index (χ3n) is 5.71. The maximum atomic E-state index is 13.2. The van der Waals surface area contributed by atoms with Gasteiger partial charge < -0.3 is 15.3 Å². The van der Waals surface area contributed by atoms with E-state index >= 15 is 0 Å². The number of thioether (sulfide) groups is 1. The van der Waals surface area contributed by atoms with Crippen LogP contribution in [0, 0.1) is 0 Å². The van der Waals surface area contributed by atoms with Gasteiger partial charge in [0, 0.05) is 17.8 Å². The molecule has 3 fully saturated rings. The number of aliphatic carboxylic acids is 1. The zero-order valence-electron chi connectivity index (χ0n) is 17.5. The Kier molecular flexibility index (Phi) is 5.49. The maximum absolute atomic E-state index is 13.2. The van der Waals surface area contributed by atoms with Crippen molar-refractivity contribution in [2.24, 2.45) is 0 Å². The van der Waals surface area contributed by atoms with Gasteiger partial charge in [0.05, 0.1) is 6.42 Å². The summed E-state index contributed by atoms with van der Waals surface area (Å²) in [6.07, 6.45) is -0.0831. The first-order valence-electron chi connectivity index (χ1n) is 10.1. The molecule has 3 aliphatic heterocycles. The third kappa shape index (κ3) is 3.64. The Labute approximate surface area is 188 Å². The van der Waals surface area contributed by atoms with Crippen LogP contribution in [0.4, 0.5) is 9.59 Å². The summed E-state index contributed by atoms with van der Waals surface area (Å²) in [5.41, 5.74) is 3.11. The number of hydrogen-bond acceptors (Lipinski definition) is 6. The van der Waals surface area contributed by atoms with Gasteiger partial charge in [0.25, 0.3) is 5.91 Å². The summed E-state index contributed by atoms with van der Waals surface area (Å²) in [4.78, 5) is 64.7.